The van der Waals surface area contributed by atoms with Crippen molar-refractivity contribution < 1.29 is 13.2 Å². The maximum Gasteiger partial charge on any atom is 0.232 e. The van der Waals surface area contributed by atoms with Gasteiger partial charge in [-0.25, -0.2) is 8.42 Å². The van der Waals surface area contributed by atoms with E-state index in [2.05, 4.69) is 5.32 Å². The van der Waals surface area contributed by atoms with Crippen molar-refractivity contribution in [2.45, 2.75) is 20.3 Å². The predicted molar refractivity (Wildman–Crippen MR) is 112 cm³/mol. The van der Waals surface area contributed by atoms with Gasteiger partial charge in [-0.1, -0.05) is 6.07 Å². The summed E-state index contributed by atoms with van der Waals surface area (Å²) in [4.78, 5) is 14.3. The van der Waals surface area contributed by atoms with E-state index in [-0.39, 0.29) is 18.9 Å². The maximum absolute atomic E-state index is 12.3. The number of benzene rings is 2. The molecule has 0 saturated heterocycles. The molecule has 2 rings (SSSR count). The van der Waals surface area contributed by atoms with Crippen LogP contribution in [0.3, 0.4) is 0 Å². The highest BCUT2D eigenvalue weighted by Crippen LogP contribution is 2.22. The van der Waals surface area contributed by atoms with Crippen molar-refractivity contribution >= 4 is 33.0 Å². The van der Waals surface area contributed by atoms with Gasteiger partial charge in [0.05, 0.1) is 11.9 Å². The largest absolute Gasteiger partial charge is 0.378 e. The molecule has 0 saturated carbocycles. The molecule has 6 nitrogen and oxygen atoms in total. The van der Waals surface area contributed by atoms with E-state index in [1.54, 1.807) is 0 Å². The van der Waals surface area contributed by atoms with Gasteiger partial charge in [-0.15, -0.1) is 0 Å². The second-order valence-corrected chi connectivity index (χ2v) is 8.83. The first-order valence-corrected chi connectivity index (χ1v) is 10.5. The lowest BCUT2D eigenvalue weighted by Crippen LogP contribution is -2.33. The maximum atomic E-state index is 12.3. The molecule has 1 amide bonds. The summed E-state index contributed by atoms with van der Waals surface area (Å²) in [5.41, 5.74) is 4.25. The van der Waals surface area contributed by atoms with Crippen molar-refractivity contribution in [3.63, 3.8) is 0 Å². The van der Waals surface area contributed by atoms with Crippen LogP contribution in [0, 0.1) is 13.8 Å². The first-order valence-electron chi connectivity index (χ1n) is 8.69. The molecule has 7 heteroatoms. The Balaban J connectivity index is 2.07. The molecule has 1 N–H and O–H groups in total. The molecule has 0 heterocycles. The Morgan fingerprint density at radius 2 is 1.52 bits per heavy atom. The van der Waals surface area contributed by atoms with E-state index in [1.165, 1.54) is 4.31 Å². The van der Waals surface area contributed by atoms with E-state index in [9.17, 15) is 13.2 Å². The highest BCUT2D eigenvalue weighted by Gasteiger charge is 2.19. The van der Waals surface area contributed by atoms with Crippen molar-refractivity contribution in [2.24, 2.45) is 0 Å². The van der Waals surface area contributed by atoms with Crippen molar-refractivity contribution in [3.05, 3.63) is 53.6 Å². The first-order chi connectivity index (χ1) is 12.6. The third-order valence-corrected chi connectivity index (χ3v) is 5.30. The predicted octanol–water partition coefficient (Wildman–Crippen LogP) is 3.16. The summed E-state index contributed by atoms with van der Waals surface area (Å²) in [6.45, 7) is 3.92. The topological polar surface area (TPSA) is 69.7 Å². The Hall–Kier alpha value is -2.54. The number of carbonyl (C=O) groups excluding carboxylic acids is 1. The zero-order valence-corrected chi connectivity index (χ0v) is 17.3. The lowest BCUT2D eigenvalue weighted by atomic mass is 10.1. The molecule has 0 radical (unpaired) electrons. The van der Waals surface area contributed by atoms with Gasteiger partial charge in [0.1, 0.15) is 0 Å². The SMILES string of the molecule is Cc1cc(C)cc(N(CCC(=O)Nc2ccc(N(C)C)cc2)S(C)(=O)=O)c1. The lowest BCUT2D eigenvalue weighted by molar-refractivity contribution is -0.116. The molecule has 0 unspecified atom stereocenters. The van der Waals surface area contributed by atoms with Gasteiger partial charge in [-0.05, 0) is 61.4 Å². The Morgan fingerprint density at radius 1 is 0.963 bits per heavy atom. The fourth-order valence-corrected chi connectivity index (χ4v) is 3.76. The van der Waals surface area contributed by atoms with Gasteiger partial charge in [-0.3, -0.25) is 9.10 Å². The monoisotopic (exact) mass is 389 g/mol. The molecule has 0 aliphatic carbocycles. The highest BCUT2D eigenvalue weighted by molar-refractivity contribution is 7.92. The normalized spacial score (nSPS) is 11.1. The van der Waals surface area contributed by atoms with Crippen LogP contribution in [0.5, 0.6) is 0 Å². The van der Waals surface area contributed by atoms with Crippen LogP contribution in [0.2, 0.25) is 0 Å². The molecule has 146 valence electrons. The summed E-state index contributed by atoms with van der Waals surface area (Å²) in [5.74, 6) is -0.231. The summed E-state index contributed by atoms with van der Waals surface area (Å²) in [7, 11) is 0.402. The smallest absolute Gasteiger partial charge is 0.232 e. The number of nitrogens with zero attached hydrogens (tertiary/aromatic N) is 2. The van der Waals surface area contributed by atoms with Gasteiger partial charge in [0.2, 0.25) is 15.9 Å². The minimum atomic E-state index is -3.49. The molecule has 2 aromatic carbocycles. The molecular weight excluding hydrogens is 362 g/mol. The molecule has 0 spiro atoms. The summed E-state index contributed by atoms with van der Waals surface area (Å²) < 4.78 is 25.7. The average Bonchev–Trinajstić information content (AvgIpc) is 2.53. The van der Waals surface area contributed by atoms with Crippen molar-refractivity contribution in [2.75, 3.05) is 41.4 Å². The van der Waals surface area contributed by atoms with Gasteiger partial charge in [0.15, 0.2) is 0 Å². The van der Waals surface area contributed by atoms with Crippen LogP contribution in [-0.4, -0.2) is 41.2 Å². The minimum absolute atomic E-state index is 0.0650. The van der Waals surface area contributed by atoms with Gasteiger partial charge < -0.3 is 10.2 Å². The number of carbonyl (C=O) groups is 1. The quantitative estimate of drug-likeness (QED) is 0.790. The number of hydrogen-bond donors (Lipinski definition) is 1. The van der Waals surface area contributed by atoms with E-state index in [0.29, 0.717) is 11.4 Å². The number of aryl methyl sites for hydroxylation is 2. The molecular formula is C20H27N3O3S. The summed E-state index contributed by atoms with van der Waals surface area (Å²) in [5, 5.41) is 2.81. The van der Waals surface area contributed by atoms with Crippen molar-refractivity contribution in [3.8, 4) is 0 Å². The van der Waals surface area contributed by atoms with E-state index < -0.39 is 10.0 Å². The first kappa shape index (κ1) is 20.8. The minimum Gasteiger partial charge on any atom is -0.378 e. The number of hydrogen-bond acceptors (Lipinski definition) is 4. The van der Waals surface area contributed by atoms with Crippen LogP contribution in [-0.2, 0) is 14.8 Å². The number of amides is 1. The molecule has 0 aliphatic heterocycles. The molecule has 27 heavy (non-hydrogen) atoms. The average molecular weight is 390 g/mol. The second-order valence-electron chi connectivity index (χ2n) is 6.92. The number of anilines is 3. The number of nitrogens with one attached hydrogen (secondary N) is 1. The molecule has 0 bridgehead atoms. The Morgan fingerprint density at radius 3 is 2.00 bits per heavy atom. The zero-order valence-electron chi connectivity index (χ0n) is 16.5. The third kappa shape index (κ3) is 5.99. The second kappa shape index (κ2) is 8.43. The lowest BCUT2D eigenvalue weighted by Gasteiger charge is -2.23. The molecule has 0 fully saturated rings. The van der Waals surface area contributed by atoms with Crippen LogP contribution < -0.4 is 14.5 Å². The standard InChI is InChI=1S/C20H27N3O3S/c1-15-12-16(2)14-19(13-15)23(27(5,25)26)11-10-20(24)21-17-6-8-18(9-7-17)22(3)4/h6-9,12-14H,10-11H2,1-5H3,(H,21,24). The van der Waals surface area contributed by atoms with Gasteiger partial charge in [0.25, 0.3) is 0 Å². The van der Waals surface area contributed by atoms with Gasteiger partial charge >= 0.3 is 0 Å². The van der Waals surface area contributed by atoms with Crippen LogP contribution in [0.15, 0.2) is 42.5 Å². The molecule has 0 aromatic heterocycles. The zero-order chi connectivity index (χ0) is 20.2. The number of rotatable bonds is 7. The fourth-order valence-electron chi connectivity index (χ4n) is 2.85. The highest BCUT2D eigenvalue weighted by atomic mass is 32.2. The number of sulfonamides is 1. The molecule has 2 aromatic rings. The molecule has 0 aliphatic rings. The Kier molecular flexibility index (Phi) is 6.49. The Bertz CT molecular complexity index is 886. The van der Waals surface area contributed by atoms with E-state index in [0.717, 1.165) is 23.1 Å². The van der Waals surface area contributed by atoms with Crippen LogP contribution in [0.1, 0.15) is 17.5 Å². The van der Waals surface area contributed by atoms with Crippen LogP contribution in [0.4, 0.5) is 17.1 Å². The van der Waals surface area contributed by atoms with Gasteiger partial charge in [-0.2, -0.15) is 0 Å². The molecule has 0 atom stereocenters. The Labute approximate surface area is 161 Å². The van der Waals surface area contributed by atoms with Crippen LogP contribution in [0.25, 0.3) is 0 Å². The van der Waals surface area contributed by atoms with Crippen molar-refractivity contribution in [1.29, 1.82) is 0 Å². The van der Waals surface area contributed by atoms with Gasteiger partial charge in [0, 0.05) is 38.4 Å². The van der Waals surface area contributed by atoms with E-state index >= 15 is 0 Å². The third-order valence-electron chi connectivity index (χ3n) is 4.10. The van der Waals surface area contributed by atoms with E-state index in [1.807, 2.05) is 75.3 Å². The van der Waals surface area contributed by atoms with E-state index in [4.69, 9.17) is 0 Å². The summed E-state index contributed by atoms with van der Waals surface area (Å²) in [6.07, 6.45) is 1.22. The van der Waals surface area contributed by atoms with Crippen molar-refractivity contribution in [1.82, 2.24) is 0 Å². The fraction of sp³-hybridized carbons (Fsp3) is 0.350. The summed E-state index contributed by atoms with van der Waals surface area (Å²) >= 11 is 0. The van der Waals surface area contributed by atoms with Crippen LogP contribution >= 0.6 is 0 Å². The summed E-state index contributed by atoms with van der Waals surface area (Å²) in [6, 6.07) is 13.1.